The molecule has 0 saturated carbocycles. The molecule has 4 nitrogen and oxygen atoms in total. The van der Waals surface area contributed by atoms with Gasteiger partial charge in [-0.3, -0.25) is 4.99 Å². The maximum absolute atomic E-state index is 11.2. The van der Waals surface area contributed by atoms with E-state index in [0.717, 1.165) is 16.7 Å². The molecule has 0 atom stereocenters. The highest BCUT2D eigenvalue weighted by atomic mass is 16.4. The van der Waals surface area contributed by atoms with E-state index in [1.807, 2.05) is 13.1 Å². The first kappa shape index (κ1) is 18.9. The summed E-state index contributed by atoms with van der Waals surface area (Å²) in [5.41, 5.74) is 7.72. The van der Waals surface area contributed by atoms with Gasteiger partial charge in [0.1, 0.15) is 0 Å². The number of carboxylic acids is 1. The van der Waals surface area contributed by atoms with E-state index in [0.29, 0.717) is 5.69 Å². The van der Waals surface area contributed by atoms with E-state index in [4.69, 9.17) is 0 Å². The normalized spacial score (nSPS) is 15.6. The summed E-state index contributed by atoms with van der Waals surface area (Å²) in [6.07, 6.45) is 4.11. The van der Waals surface area contributed by atoms with Crippen molar-refractivity contribution in [3.05, 3.63) is 64.2 Å². The Balaban J connectivity index is 2.03. The van der Waals surface area contributed by atoms with Crippen LogP contribution in [0.15, 0.2) is 41.4 Å². The molecule has 140 valence electrons. The molecule has 1 aliphatic rings. The van der Waals surface area contributed by atoms with Crippen molar-refractivity contribution in [2.24, 2.45) is 4.99 Å². The molecule has 0 aromatic heterocycles. The molecule has 4 heteroatoms. The summed E-state index contributed by atoms with van der Waals surface area (Å²) in [5, 5.41) is 9.20. The van der Waals surface area contributed by atoms with Crippen molar-refractivity contribution in [3.8, 4) is 0 Å². The van der Waals surface area contributed by atoms with Gasteiger partial charge in [0.15, 0.2) is 0 Å². The number of allylic oxidation sites excluding steroid dienone is 1. The Kier molecular flexibility index (Phi) is 4.68. The van der Waals surface area contributed by atoms with Crippen molar-refractivity contribution in [2.75, 3.05) is 11.9 Å². The van der Waals surface area contributed by atoms with E-state index in [9.17, 15) is 9.90 Å². The van der Waals surface area contributed by atoms with E-state index in [-0.39, 0.29) is 11.1 Å². The van der Waals surface area contributed by atoms with Crippen LogP contribution in [-0.2, 0) is 0 Å². The second-order valence-electron chi connectivity index (χ2n) is 7.83. The fourth-order valence-corrected chi connectivity index (χ4v) is 3.48. The molecule has 0 saturated heterocycles. The Morgan fingerprint density at radius 2 is 1.81 bits per heavy atom. The van der Waals surface area contributed by atoms with Crippen LogP contribution in [0.3, 0.4) is 0 Å². The zero-order valence-corrected chi connectivity index (χ0v) is 16.8. The molecular formula is C23H26N2O2. The van der Waals surface area contributed by atoms with Gasteiger partial charge >= 0.3 is 5.97 Å². The molecule has 0 spiro atoms. The Bertz CT molecular complexity index is 984. The number of likely N-dealkylation sites (N-methyl/N-ethyl adjacent to an activating group) is 1. The highest BCUT2D eigenvalue weighted by molar-refractivity contribution is 5.92. The SMILES string of the molecule is CC1=CC(C)(C)N(C)c2cc(C)c(C=Nc3cc(C(=O)O)ccc3C)cc21. The van der Waals surface area contributed by atoms with Crippen LogP contribution in [0.4, 0.5) is 11.4 Å². The second-order valence-corrected chi connectivity index (χ2v) is 7.83. The van der Waals surface area contributed by atoms with Crippen LogP contribution in [0.25, 0.3) is 5.57 Å². The average molecular weight is 362 g/mol. The van der Waals surface area contributed by atoms with E-state index in [1.165, 1.54) is 16.8 Å². The number of benzene rings is 2. The number of anilines is 1. The maximum Gasteiger partial charge on any atom is 0.335 e. The number of aliphatic imine (C=N–C) groups is 1. The molecule has 1 aliphatic heterocycles. The van der Waals surface area contributed by atoms with E-state index < -0.39 is 5.97 Å². The van der Waals surface area contributed by atoms with Gasteiger partial charge in [0.05, 0.1) is 16.8 Å². The quantitative estimate of drug-likeness (QED) is 0.745. The van der Waals surface area contributed by atoms with Crippen LogP contribution in [0.5, 0.6) is 0 Å². The van der Waals surface area contributed by atoms with Crippen LogP contribution in [0, 0.1) is 13.8 Å². The summed E-state index contributed by atoms with van der Waals surface area (Å²) in [6.45, 7) is 10.6. The van der Waals surface area contributed by atoms with Crippen LogP contribution in [0.1, 0.15) is 53.4 Å². The molecule has 27 heavy (non-hydrogen) atoms. The lowest BCUT2D eigenvalue weighted by atomic mass is 9.87. The average Bonchev–Trinajstić information content (AvgIpc) is 2.59. The van der Waals surface area contributed by atoms with Crippen LogP contribution < -0.4 is 4.90 Å². The highest BCUT2D eigenvalue weighted by Crippen LogP contribution is 2.39. The van der Waals surface area contributed by atoms with Gasteiger partial charge in [-0.2, -0.15) is 0 Å². The molecule has 1 heterocycles. The lowest BCUT2D eigenvalue weighted by Gasteiger charge is -2.41. The van der Waals surface area contributed by atoms with Crippen molar-refractivity contribution >= 4 is 29.1 Å². The number of aromatic carboxylic acids is 1. The zero-order valence-electron chi connectivity index (χ0n) is 16.8. The second kappa shape index (κ2) is 6.69. The summed E-state index contributed by atoms with van der Waals surface area (Å²) in [7, 11) is 2.12. The van der Waals surface area contributed by atoms with Gasteiger partial charge in [0, 0.05) is 24.5 Å². The number of hydrogen-bond acceptors (Lipinski definition) is 3. The Labute approximate surface area is 160 Å². The summed E-state index contributed by atoms with van der Waals surface area (Å²) in [4.78, 5) is 18.1. The third kappa shape index (κ3) is 3.52. The number of aryl methyl sites for hydroxylation is 2. The van der Waals surface area contributed by atoms with Crippen LogP contribution in [0.2, 0.25) is 0 Å². The first-order valence-electron chi connectivity index (χ1n) is 9.06. The Hall–Kier alpha value is -2.88. The fraction of sp³-hybridized carbons (Fsp3) is 0.304. The van der Waals surface area contributed by atoms with Gasteiger partial charge in [-0.05, 0) is 81.1 Å². The maximum atomic E-state index is 11.2. The summed E-state index contributed by atoms with van der Waals surface area (Å²) in [6, 6.07) is 9.38. The Morgan fingerprint density at radius 3 is 2.48 bits per heavy atom. The number of rotatable bonds is 3. The lowest BCUT2D eigenvalue weighted by molar-refractivity contribution is 0.0697. The minimum absolute atomic E-state index is 0.0203. The predicted octanol–water partition coefficient (Wildman–Crippen LogP) is 5.38. The topological polar surface area (TPSA) is 52.9 Å². The van der Waals surface area contributed by atoms with E-state index in [2.05, 4.69) is 62.8 Å². The predicted molar refractivity (Wildman–Crippen MR) is 113 cm³/mol. The van der Waals surface area contributed by atoms with Crippen molar-refractivity contribution in [1.82, 2.24) is 0 Å². The summed E-state index contributed by atoms with van der Waals surface area (Å²) >= 11 is 0. The first-order valence-corrected chi connectivity index (χ1v) is 9.06. The third-order valence-corrected chi connectivity index (χ3v) is 5.40. The molecule has 3 rings (SSSR count). The standard InChI is InChI=1S/C23H26N2O2/c1-14-7-8-17(22(26)27)11-20(14)24-13-18-10-19-16(3)12-23(4,5)25(6)21(19)9-15(18)2/h7-13H,1-6H3,(H,26,27). The molecule has 1 N–H and O–H groups in total. The van der Waals surface area contributed by atoms with Crippen LogP contribution >= 0.6 is 0 Å². The molecule has 2 aromatic rings. The lowest BCUT2D eigenvalue weighted by Crippen LogP contribution is -2.42. The van der Waals surface area contributed by atoms with E-state index >= 15 is 0 Å². The Morgan fingerprint density at radius 1 is 1.11 bits per heavy atom. The number of carboxylic acid groups (broad SMARTS) is 1. The molecule has 0 aliphatic carbocycles. The highest BCUT2D eigenvalue weighted by Gasteiger charge is 2.28. The molecular weight excluding hydrogens is 336 g/mol. The third-order valence-electron chi connectivity index (χ3n) is 5.40. The van der Waals surface area contributed by atoms with Gasteiger partial charge < -0.3 is 10.0 Å². The molecule has 0 bridgehead atoms. The molecule has 0 radical (unpaired) electrons. The summed E-state index contributed by atoms with van der Waals surface area (Å²) < 4.78 is 0. The zero-order chi connectivity index (χ0) is 19.9. The van der Waals surface area contributed by atoms with Crippen molar-refractivity contribution in [1.29, 1.82) is 0 Å². The van der Waals surface area contributed by atoms with Gasteiger partial charge in [0.2, 0.25) is 0 Å². The molecule has 0 unspecified atom stereocenters. The number of fused-ring (bicyclic) bond motifs is 1. The van der Waals surface area contributed by atoms with Crippen molar-refractivity contribution < 1.29 is 9.90 Å². The monoisotopic (exact) mass is 362 g/mol. The van der Waals surface area contributed by atoms with Crippen LogP contribution in [-0.4, -0.2) is 29.9 Å². The van der Waals surface area contributed by atoms with Gasteiger partial charge in [-0.1, -0.05) is 12.1 Å². The van der Waals surface area contributed by atoms with Crippen molar-refractivity contribution in [2.45, 2.75) is 40.2 Å². The van der Waals surface area contributed by atoms with Gasteiger partial charge in [-0.25, -0.2) is 4.79 Å². The van der Waals surface area contributed by atoms with E-state index in [1.54, 1.807) is 18.2 Å². The molecule has 0 fully saturated rings. The number of carbonyl (C=O) groups is 1. The smallest absolute Gasteiger partial charge is 0.335 e. The van der Waals surface area contributed by atoms with Crippen molar-refractivity contribution in [3.63, 3.8) is 0 Å². The summed E-state index contributed by atoms with van der Waals surface area (Å²) in [5.74, 6) is -0.942. The minimum atomic E-state index is -0.942. The fourth-order valence-electron chi connectivity index (χ4n) is 3.48. The number of hydrogen-bond donors (Lipinski definition) is 1. The van der Waals surface area contributed by atoms with Gasteiger partial charge in [0.25, 0.3) is 0 Å². The minimum Gasteiger partial charge on any atom is -0.478 e. The largest absolute Gasteiger partial charge is 0.478 e. The first-order chi connectivity index (χ1) is 12.6. The van der Waals surface area contributed by atoms with Gasteiger partial charge in [-0.15, -0.1) is 0 Å². The molecule has 2 aromatic carbocycles. The number of nitrogens with zero attached hydrogens (tertiary/aromatic N) is 2. The molecule has 0 amide bonds.